The van der Waals surface area contributed by atoms with Gasteiger partial charge in [0, 0.05) is 49.7 Å². The lowest BCUT2D eigenvalue weighted by Gasteiger charge is -2.33. The number of carbonyl (C=O) groups is 1. The highest BCUT2D eigenvalue weighted by Gasteiger charge is 2.27. The summed E-state index contributed by atoms with van der Waals surface area (Å²) >= 11 is 0. The number of hydrogen-bond donors (Lipinski definition) is 1. The molecule has 4 aromatic rings. The lowest BCUT2D eigenvalue weighted by atomic mass is 10.1. The monoisotopic (exact) mass is 617 g/mol. The molecule has 0 spiro atoms. The largest absolute Gasteiger partial charge is 0.495 e. The second kappa shape index (κ2) is 13.1. The number of nitriles is 1. The molecule has 0 aliphatic carbocycles. The standard InChI is InChI=1S/C29H31N9O5S/c1-20(17-37-19-31-18-34-37)43-26-12-21(4-5-23(26)14-30)24-15-32-29(33-16-24)35-25-7-6-22(13-27(25)42-2)28(39)36-8-10-38(11-9-36)44(3,40)41/h4-7,12-13,15-16,18-20H,8-11,17H2,1-3H3,(H,32,33,35)/t20-/m0/s1. The number of aromatic nitrogens is 5. The topological polar surface area (TPSA) is 168 Å². The Balaban J connectivity index is 1.26. The van der Waals surface area contributed by atoms with Crippen LogP contribution in [0.2, 0.25) is 0 Å². The SMILES string of the molecule is COc1cc(C(=O)N2CCN(S(C)(=O)=O)CC2)ccc1Nc1ncc(-c2ccc(C#N)c(O[C@@H](C)Cn3cncn3)c2)cn1. The van der Waals surface area contributed by atoms with Crippen molar-refractivity contribution in [3.8, 4) is 28.7 Å². The number of rotatable bonds is 10. The van der Waals surface area contributed by atoms with Crippen LogP contribution < -0.4 is 14.8 Å². The van der Waals surface area contributed by atoms with Gasteiger partial charge in [-0.25, -0.2) is 28.1 Å². The molecule has 0 unspecified atom stereocenters. The molecule has 3 heterocycles. The van der Waals surface area contributed by atoms with Crippen molar-refractivity contribution in [3.63, 3.8) is 0 Å². The van der Waals surface area contributed by atoms with Gasteiger partial charge < -0.3 is 19.7 Å². The third-order valence-electron chi connectivity index (χ3n) is 7.02. The van der Waals surface area contributed by atoms with Crippen LogP contribution in [0.4, 0.5) is 11.6 Å². The molecule has 2 aromatic heterocycles. The Hall–Kier alpha value is -5.07. The molecule has 228 valence electrons. The van der Waals surface area contributed by atoms with Crippen molar-refractivity contribution in [1.29, 1.82) is 5.26 Å². The molecule has 1 aliphatic heterocycles. The van der Waals surface area contributed by atoms with Crippen molar-refractivity contribution in [2.75, 3.05) is 44.9 Å². The van der Waals surface area contributed by atoms with E-state index in [1.54, 1.807) is 64.7 Å². The molecule has 2 aromatic carbocycles. The second-order valence-electron chi connectivity index (χ2n) is 10.2. The van der Waals surface area contributed by atoms with Gasteiger partial charge in [-0.05, 0) is 42.8 Å². The van der Waals surface area contributed by atoms with E-state index in [2.05, 4.69) is 31.4 Å². The number of amides is 1. The van der Waals surface area contributed by atoms with Crippen LogP contribution in [0.1, 0.15) is 22.8 Å². The van der Waals surface area contributed by atoms with Gasteiger partial charge in [0.15, 0.2) is 0 Å². The minimum Gasteiger partial charge on any atom is -0.495 e. The summed E-state index contributed by atoms with van der Waals surface area (Å²) < 4.78 is 38.2. The van der Waals surface area contributed by atoms with Crippen molar-refractivity contribution in [1.82, 2.24) is 33.9 Å². The predicted molar refractivity (Wildman–Crippen MR) is 161 cm³/mol. The Labute approximate surface area is 254 Å². The van der Waals surface area contributed by atoms with Gasteiger partial charge in [0.1, 0.15) is 36.3 Å². The number of methoxy groups -OCH3 is 1. The van der Waals surface area contributed by atoms with E-state index in [0.29, 0.717) is 53.9 Å². The summed E-state index contributed by atoms with van der Waals surface area (Å²) in [5.41, 5.74) is 2.89. The van der Waals surface area contributed by atoms with Crippen LogP contribution in [-0.2, 0) is 16.6 Å². The molecule has 1 N–H and O–H groups in total. The van der Waals surface area contributed by atoms with Gasteiger partial charge in [-0.15, -0.1) is 0 Å². The molecule has 44 heavy (non-hydrogen) atoms. The van der Waals surface area contributed by atoms with E-state index >= 15 is 0 Å². The summed E-state index contributed by atoms with van der Waals surface area (Å²) in [5.74, 6) is 0.973. The van der Waals surface area contributed by atoms with Gasteiger partial charge in [-0.1, -0.05) is 6.07 Å². The van der Waals surface area contributed by atoms with Crippen molar-refractivity contribution in [3.05, 3.63) is 72.6 Å². The van der Waals surface area contributed by atoms with Gasteiger partial charge >= 0.3 is 0 Å². The lowest BCUT2D eigenvalue weighted by Crippen LogP contribution is -2.50. The first kappa shape index (κ1) is 30.4. The Morgan fingerprint density at radius 2 is 1.82 bits per heavy atom. The highest BCUT2D eigenvalue weighted by atomic mass is 32.2. The number of anilines is 2. The van der Waals surface area contributed by atoms with Gasteiger partial charge in [0.25, 0.3) is 5.91 Å². The average Bonchev–Trinajstić information content (AvgIpc) is 3.54. The fourth-order valence-corrected chi connectivity index (χ4v) is 5.56. The first-order valence-electron chi connectivity index (χ1n) is 13.7. The molecule has 15 heteroatoms. The van der Waals surface area contributed by atoms with Crippen LogP contribution >= 0.6 is 0 Å². The van der Waals surface area contributed by atoms with E-state index < -0.39 is 10.0 Å². The number of sulfonamides is 1. The minimum atomic E-state index is -3.29. The summed E-state index contributed by atoms with van der Waals surface area (Å²) in [6.07, 6.45) is 7.27. The van der Waals surface area contributed by atoms with Crippen LogP contribution in [0.25, 0.3) is 11.1 Å². The zero-order valence-corrected chi connectivity index (χ0v) is 25.2. The normalized spacial score (nSPS) is 14.5. The zero-order valence-electron chi connectivity index (χ0n) is 24.4. The fourth-order valence-electron chi connectivity index (χ4n) is 4.73. The van der Waals surface area contributed by atoms with E-state index in [-0.39, 0.29) is 25.1 Å². The van der Waals surface area contributed by atoms with Gasteiger partial charge in [-0.2, -0.15) is 14.7 Å². The van der Waals surface area contributed by atoms with E-state index in [4.69, 9.17) is 9.47 Å². The molecule has 1 fully saturated rings. The van der Waals surface area contributed by atoms with E-state index in [1.165, 1.54) is 24.0 Å². The number of carbonyl (C=O) groups excluding carboxylic acids is 1. The third-order valence-corrected chi connectivity index (χ3v) is 8.32. The van der Waals surface area contributed by atoms with Crippen LogP contribution in [-0.4, -0.2) is 93.9 Å². The molecule has 1 saturated heterocycles. The molecule has 14 nitrogen and oxygen atoms in total. The highest BCUT2D eigenvalue weighted by Crippen LogP contribution is 2.30. The quantitative estimate of drug-likeness (QED) is 0.278. The van der Waals surface area contributed by atoms with Gasteiger partial charge in [-0.3, -0.25) is 4.79 Å². The summed E-state index contributed by atoms with van der Waals surface area (Å²) in [5, 5.41) is 16.8. The highest BCUT2D eigenvalue weighted by molar-refractivity contribution is 7.88. The number of ether oxygens (including phenoxy) is 2. The summed E-state index contributed by atoms with van der Waals surface area (Å²) in [4.78, 5) is 27.5. The van der Waals surface area contributed by atoms with Gasteiger partial charge in [0.2, 0.25) is 16.0 Å². The van der Waals surface area contributed by atoms with Crippen molar-refractivity contribution in [2.24, 2.45) is 0 Å². The minimum absolute atomic E-state index is 0.206. The Morgan fingerprint density at radius 1 is 1.07 bits per heavy atom. The maximum Gasteiger partial charge on any atom is 0.254 e. The van der Waals surface area contributed by atoms with E-state index in [9.17, 15) is 18.5 Å². The number of nitrogens with one attached hydrogen (secondary N) is 1. The molecule has 1 aliphatic rings. The summed E-state index contributed by atoms with van der Waals surface area (Å²) in [6, 6.07) is 12.5. The van der Waals surface area contributed by atoms with E-state index in [1.807, 2.05) is 6.92 Å². The number of piperazine rings is 1. The average molecular weight is 618 g/mol. The third kappa shape index (κ3) is 7.10. The predicted octanol–water partition coefficient (Wildman–Crippen LogP) is 2.54. The smallest absolute Gasteiger partial charge is 0.254 e. The summed E-state index contributed by atoms with van der Waals surface area (Å²) in [7, 11) is -1.79. The Bertz CT molecular complexity index is 1770. The van der Waals surface area contributed by atoms with Crippen molar-refractivity contribution in [2.45, 2.75) is 19.6 Å². The molecular formula is C29H31N9O5S. The van der Waals surface area contributed by atoms with Crippen LogP contribution in [0.5, 0.6) is 11.5 Å². The van der Waals surface area contributed by atoms with Crippen molar-refractivity contribution >= 4 is 27.6 Å². The maximum absolute atomic E-state index is 13.1. The summed E-state index contributed by atoms with van der Waals surface area (Å²) in [6.45, 7) is 3.49. The number of hydrogen-bond acceptors (Lipinski definition) is 11. The fraction of sp³-hybridized carbons (Fsp3) is 0.310. The van der Waals surface area contributed by atoms with E-state index in [0.717, 1.165) is 11.1 Å². The lowest BCUT2D eigenvalue weighted by molar-refractivity contribution is 0.0698. The van der Waals surface area contributed by atoms with Crippen molar-refractivity contribution < 1.29 is 22.7 Å². The number of benzene rings is 2. The first-order valence-corrected chi connectivity index (χ1v) is 15.5. The molecular weight excluding hydrogens is 586 g/mol. The molecule has 1 amide bonds. The molecule has 0 bridgehead atoms. The van der Waals surface area contributed by atoms with Crippen LogP contribution in [0, 0.1) is 11.3 Å². The Morgan fingerprint density at radius 3 is 2.45 bits per heavy atom. The zero-order chi connectivity index (χ0) is 31.3. The second-order valence-corrected chi connectivity index (χ2v) is 12.1. The number of nitrogens with zero attached hydrogens (tertiary/aromatic N) is 8. The van der Waals surface area contributed by atoms with Crippen LogP contribution in [0.3, 0.4) is 0 Å². The molecule has 0 radical (unpaired) electrons. The first-order chi connectivity index (χ1) is 21.1. The maximum atomic E-state index is 13.1. The van der Waals surface area contributed by atoms with Crippen LogP contribution in [0.15, 0.2) is 61.4 Å². The van der Waals surface area contributed by atoms with Gasteiger partial charge in [0.05, 0.1) is 31.2 Å². The molecule has 5 rings (SSSR count). The Kier molecular flexibility index (Phi) is 9.02. The molecule has 1 atom stereocenters. The molecule has 0 saturated carbocycles.